The summed E-state index contributed by atoms with van der Waals surface area (Å²) < 4.78 is 16.4. The van der Waals surface area contributed by atoms with E-state index in [0.717, 1.165) is 0 Å². The smallest absolute Gasteiger partial charge is 0.161 e. The van der Waals surface area contributed by atoms with Crippen LogP contribution in [-0.4, -0.2) is 26.1 Å². The molecule has 116 valence electrons. The summed E-state index contributed by atoms with van der Waals surface area (Å²) >= 11 is 5.88. The molecule has 0 heterocycles. The average Bonchev–Trinajstić information content (AvgIpc) is 2.51. The Balaban J connectivity index is 1.90. The molecule has 0 fully saturated rings. The topological polar surface area (TPSA) is 44.8 Å². The fourth-order valence-corrected chi connectivity index (χ4v) is 2.05. The molecule has 4 nitrogen and oxygen atoms in total. The van der Waals surface area contributed by atoms with Crippen molar-refractivity contribution in [2.45, 2.75) is 6.92 Å². The van der Waals surface area contributed by atoms with E-state index >= 15 is 0 Å². The Hall–Kier alpha value is -2.20. The molecule has 0 saturated heterocycles. The lowest BCUT2D eigenvalue weighted by atomic mass is 10.1. The Kier molecular flexibility index (Phi) is 5.67. The van der Waals surface area contributed by atoms with E-state index in [1.54, 1.807) is 30.3 Å². The maximum absolute atomic E-state index is 11.3. The van der Waals surface area contributed by atoms with Gasteiger partial charge in [-0.1, -0.05) is 17.7 Å². The molecule has 0 saturated carbocycles. The Morgan fingerprint density at radius 2 is 1.82 bits per heavy atom. The lowest BCUT2D eigenvalue weighted by molar-refractivity contribution is 0.101. The number of benzene rings is 2. The van der Waals surface area contributed by atoms with Crippen molar-refractivity contribution >= 4 is 17.4 Å². The molecule has 0 bridgehead atoms. The first-order valence-electron chi connectivity index (χ1n) is 6.80. The Morgan fingerprint density at radius 3 is 2.50 bits per heavy atom. The molecule has 2 aromatic rings. The molecule has 0 aliphatic rings. The Morgan fingerprint density at radius 1 is 1.05 bits per heavy atom. The molecule has 2 rings (SSSR count). The van der Waals surface area contributed by atoms with E-state index in [1.807, 2.05) is 12.1 Å². The molecule has 0 aliphatic carbocycles. The van der Waals surface area contributed by atoms with Crippen molar-refractivity contribution in [3.8, 4) is 17.2 Å². The monoisotopic (exact) mass is 320 g/mol. The highest BCUT2D eigenvalue weighted by Gasteiger charge is 2.08. The summed E-state index contributed by atoms with van der Waals surface area (Å²) in [6.07, 6.45) is 0. The minimum atomic E-state index is -0.0193. The van der Waals surface area contributed by atoms with E-state index in [0.29, 0.717) is 41.0 Å². The predicted molar refractivity (Wildman–Crippen MR) is 85.4 cm³/mol. The van der Waals surface area contributed by atoms with Gasteiger partial charge in [0.25, 0.3) is 0 Å². The number of ketones is 1. The zero-order valence-corrected chi connectivity index (χ0v) is 13.2. The number of Topliss-reactive ketones (excluding diaryl/α,β-unsaturated/α-hetero) is 1. The van der Waals surface area contributed by atoms with E-state index in [2.05, 4.69) is 0 Å². The van der Waals surface area contributed by atoms with Gasteiger partial charge < -0.3 is 14.2 Å². The first kappa shape index (κ1) is 16.2. The van der Waals surface area contributed by atoms with Crippen LogP contribution in [0, 0.1) is 0 Å². The van der Waals surface area contributed by atoms with Crippen molar-refractivity contribution in [1.29, 1.82) is 0 Å². The summed E-state index contributed by atoms with van der Waals surface area (Å²) in [6, 6.07) is 12.3. The number of carbonyl (C=O) groups excluding carboxylic acids is 1. The average molecular weight is 321 g/mol. The van der Waals surface area contributed by atoms with Crippen LogP contribution in [0.25, 0.3) is 0 Å². The molecule has 0 aliphatic heterocycles. The van der Waals surface area contributed by atoms with Crippen LogP contribution in [0.3, 0.4) is 0 Å². The van der Waals surface area contributed by atoms with Gasteiger partial charge in [-0.15, -0.1) is 0 Å². The highest BCUT2D eigenvalue weighted by molar-refractivity contribution is 6.30. The van der Waals surface area contributed by atoms with E-state index in [4.69, 9.17) is 25.8 Å². The van der Waals surface area contributed by atoms with Crippen molar-refractivity contribution in [1.82, 2.24) is 0 Å². The van der Waals surface area contributed by atoms with Crippen LogP contribution in [0.15, 0.2) is 42.5 Å². The van der Waals surface area contributed by atoms with E-state index in [9.17, 15) is 4.79 Å². The molecule has 0 atom stereocenters. The summed E-state index contributed by atoms with van der Waals surface area (Å²) in [6.45, 7) is 2.23. The molecule has 0 spiro atoms. The number of methoxy groups -OCH3 is 1. The Labute approximate surface area is 134 Å². The van der Waals surface area contributed by atoms with Gasteiger partial charge in [0.15, 0.2) is 17.3 Å². The van der Waals surface area contributed by atoms with Crippen LogP contribution < -0.4 is 14.2 Å². The van der Waals surface area contributed by atoms with Gasteiger partial charge in [0.1, 0.15) is 19.0 Å². The van der Waals surface area contributed by atoms with Crippen molar-refractivity contribution < 1.29 is 19.0 Å². The highest BCUT2D eigenvalue weighted by atomic mass is 35.5. The molecular formula is C17H17ClO4. The number of ether oxygens (including phenoxy) is 3. The van der Waals surface area contributed by atoms with Gasteiger partial charge in [-0.2, -0.15) is 0 Å². The predicted octanol–water partition coefficient (Wildman–Crippen LogP) is 4.01. The zero-order valence-electron chi connectivity index (χ0n) is 12.5. The summed E-state index contributed by atoms with van der Waals surface area (Å²) in [5.41, 5.74) is 0.583. The molecule has 2 aromatic carbocycles. The number of carbonyl (C=O) groups is 1. The first-order valence-corrected chi connectivity index (χ1v) is 7.18. The van der Waals surface area contributed by atoms with Crippen molar-refractivity contribution in [3.05, 3.63) is 53.1 Å². The third-order valence-corrected chi connectivity index (χ3v) is 3.21. The minimum absolute atomic E-state index is 0.0193. The molecule has 0 amide bonds. The molecule has 0 unspecified atom stereocenters. The highest BCUT2D eigenvalue weighted by Crippen LogP contribution is 2.28. The fourth-order valence-electron chi connectivity index (χ4n) is 1.87. The van der Waals surface area contributed by atoms with Crippen LogP contribution in [0.2, 0.25) is 5.02 Å². The van der Waals surface area contributed by atoms with E-state index in [1.165, 1.54) is 14.0 Å². The van der Waals surface area contributed by atoms with Gasteiger partial charge in [-0.05, 0) is 43.3 Å². The molecular weight excluding hydrogens is 304 g/mol. The number of halogens is 1. The standard InChI is InChI=1S/C17H17ClO4/c1-12(19)13-6-7-16(17(10-13)20-2)22-9-8-21-15-5-3-4-14(18)11-15/h3-7,10-11H,8-9H2,1-2H3. The van der Waals surface area contributed by atoms with Gasteiger partial charge in [0.2, 0.25) is 0 Å². The normalized spacial score (nSPS) is 10.1. The number of hydrogen-bond acceptors (Lipinski definition) is 4. The molecule has 22 heavy (non-hydrogen) atoms. The summed E-state index contributed by atoms with van der Waals surface area (Å²) in [5.74, 6) is 1.77. The number of hydrogen-bond donors (Lipinski definition) is 0. The van der Waals surface area contributed by atoms with Crippen molar-refractivity contribution in [2.24, 2.45) is 0 Å². The van der Waals surface area contributed by atoms with Crippen molar-refractivity contribution in [3.63, 3.8) is 0 Å². The minimum Gasteiger partial charge on any atom is -0.493 e. The second-order valence-electron chi connectivity index (χ2n) is 4.58. The van der Waals surface area contributed by atoms with E-state index < -0.39 is 0 Å². The molecule has 5 heteroatoms. The maximum Gasteiger partial charge on any atom is 0.161 e. The van der Waals surface area contributed by atoms with Gasteiger partial charge in [-0.3, -0.25) is 4.79 Å². The zero-order chi connectivity index (χ0) is 15.9. The van der Waals surface area contributed by atoms with Gasteiger partial charge in [-0.25, -0.2) is 0 Å². The van der Waals surface area contributed by atoms with E-state index in [-0.39, 0.29) is 5.78 Å². The second-order valence-corrected chi connectivity index (χ2v) is 5.01. The fraction of sp³-hybridized carbons (Fsp3) is 0.235. The van der Waals surface area contributed by atoms with Crippen molar-refractivity contribution in [2.75, 3.05) is 20.3 Å². The molecule has 0 aromatic heterocycles. The summed E-state index contributed by atoms with van der Waals surface area (Å²) in [7, 11) is 1.54. The largest absolute Gasteiger partial charge is 0.493 e. The van der Waals surface area contributed by atoms with Gasteiger partial charge in [0.05, 0.1) is 7.11 Å². The first-order chi connectivity index (χ1) is 10.6. The number of rotatable bonds is 7. The van der Waals surface area contributed by atoms with Crippen LogP contribution in [0.5, 0.6) is 17.2 Å². The van der Waals surface area contributed by atoms with Crippen LogP contribution >= 0.6 is 11.6 Å². The quantitative estimate of drug-likeness (QED) is 0.571. The SMILES string of the molecule is COc1cc(C(C)=O)ccc1OCCOc1cccc(Cl)c1. The Bertz CT molecular complexity index is 655. The molecule has 0 radical (unpaired) electrons. The lowest BCUT2D eigenvalue weighted by Crippen LogP contribution is -2.09. The van der Waals surface area contributed by atoms with Crippen LogP contribution in [0.4, 0.5) is 0 Å². The third-order valence-electron chi connectivity index (χ3n) is 2.98. The maximum atomic E-state index is 11.3. The third kappa shape index (κ3) is 4.40. The summed E-state index contributed by atoms with van der Waals surface area (Å²) in [5, 5.41) is 0.625. The van der Waals surface area contributed by atoms with Gasteiger partial charge >= 0.3 is 0 Å². The van der Waals surface area contributed by atoms with Crippen LogP contribution in [0.1, 0.15) is 17.3 Å². The van der Waals surface area contributed by atoms with Crippen LogP contribution in [-0.2, 0) is 0 Å². The molecule has 0 N–H and O–H groups in total. The summed E-state index contributed by atoms with van der Waals surface area (Å²) in [4.78, 5) is 11.3. The second kappa shape index (κ2) is 7.71. The van der Waals surface area contributed by atoms with Gasteiger partial charge in [0, 0.05) is 10.6 Å². The lowest BCUT2D eigenvalue weighted by Gasteiger charge is -2.12.